The lowest BCUT2D eigenvalue weighted by molar-refractivity contribution is 0.153. The molecule has 1 unspecified atom stereocenters. The zero-order valence-corrected chi connectivity index (χ0v) is 7.88. The molecule has 3 heteroatoms. The van der Waals surface area contributed by atoms with Crippen molar-refractivity contribution in [3.05, 3.63) is 0 Å². The van der Waals surface area contributed by atoms with E-state index in [0.717, 1.165) is 0 Å². The van der Waals surface area contributed by atoms with Crippen LogP contribution >= 0.6 is 0 Å². The molecule has 72 valence electrons. The normalized spacial score (nSPS) is 22.8. The van der Waals surface area contributed by atoms with Crippen molar-refractivity contribution in [2.45, 2.75) is 38.8 Å². The van der Waals surface area contributed by atoms with Crippen molar-refractivity contribution in [1.29, 1.82) is 0 Å². The highest BCUT2D eigenvalue weighted by atomic mass is 16.3. The number of nitrogens with one attached hydrogen (secondary N) is 1. The van der Waals surface area contributed by atoms with Gasteiger partial charge in [-0.2, -0.15) is 0 Å². The van der Waals surface area contributed by atoms with Gasteiger partial charge in [0.15, 0.2) is 0 Å². The fraction of sp³-hybridized carbons (Fsp3) is 1.00. The van der Waals surface area contributed by atoms with Crippen molar-refractivity contribution in [1.82, 2.24) is 5.32 Å². The van der Waals surface area contributed by atoms with Crippen LogP contribution in [-0.4, -0.2) is 35.5 Å². The van der Waals surface area contributed by atoms with Gasteiger partial charge in [0.25, 0.3) is 0 Å². The molecule has 0 amide bonds. The lowest BCUT2D eigenvalue weighted by Gasteiger charge is -2.24. The summed E-state index contributed by atoms with van der Waals surface area (Å²) in [4.78, 5) is 0. The fourth-order valence-corrected chi connectivity index (χ4v) is 1.35. The number of aliphatic hydroxyl groups is 2. The van der Waals surface area contributed by atoms with Gasteiger partial charge in [-0.1, -0.05) is 6.92 Å². The molecule has 1 atom stereocenters. The molecule has 0 bridgehead atoms. The number of rotatable bonds is 5. The van der Waals surface area contributed by atoms with E-state index in [1.165, 1.54) is 12.8 Å². The van der Waals surface area contributed by atoms with Gasteiger partial charge in [-0.15, -0.1) is 0 Å². The molecule has 0 heterocycles. The number of hydrogen-bond donors (Lipinski definition) is 3. The minimum atomic E-state index is -0.155. The lowest BCUT2D eigenvalue weighted by atomic mass is 10.00. The van der Waals surface area contributed by atoms with Crippen LogP contribution in [0.4, 0.5) is 0 Å². The Morgan fingerprint density at radius 1 is 1.33 bits per heavy atom. The van der Waals surface area contributed by atoms with Crippen molar-refractivity contribution >= 4 is 0 Å². The fourth-order valence-electron chi connectivity index (χ4n) is 1.35. The molecule has 0 spiro atoms. The van der Waals surface area contributed by atoms with E-state index in [4.69, 9.17) is 10.2 Å². The summed E-state index contributed by atoms with van der Waals surface area (Å²) in [6, 6.07) is 0.235. The Balaban J connectivity index is 2.29. The molecule has 0 aromatic carbocycles. The molecule has 1 saturated carbocycles. The predicted molar refractivity (Wildman–Crippen MR) is 47.9 cm³/mol. The van der Waals surface area contributed by atoms with Gasteiger partial charge in [-0.25, -0.2) is 0 Å². The van der Waals surface area contributed by atoms with Gasteiger partial charge >= 0.3 is 0 Å². The Hall–Kier alpha value is -0.120. The summed E-state index contributed by atoms with van der Waals surface area (Å²) in [6.07, 6.45) is 2.51. The summed E-state index contributed by atoms with van der Waals surface area (Å²) in [6.45, 7) is 4.37. The van der Waals surface area contributed by atoms with Crippen molar-refractivity contribution in [3.63, 3.8) is 0 Å². The Labute approximate surface area is 73.8 Å². The summed E-state index contributed by atoms with van der Waals surface area (Å²) in [5.74, 6) is 0. The van der Waals surface area contributed by atoms with E-state index in [9.17, 15) is 0 Å². The Bertz CT molecular complexity index is 141. The average molecular weight is 173 g/mol. The van der Waals surface area contributed by atoms with Crippen LogP contribution in [-0.2, 0) is 0 Å². The van der Waals surface area contributed by atoms with Gasteiger partial charge in [-0.05, 0) is 25.2 Å². The second-order valence-corrected chi connectivity index (χ2v) is 4.10. The molecular weight excluding hydrogens is 154 g/mol. The molecule has 0 saturated heterocycles. The molecule has 1 fully saturated rings. The molecule has 3 N–H and O–H groups in total. The van der Waals surface area contributed by atoms with E-state index in [0.29, 0.717) is 11.5 Å². The minimum Gasteiger partial charge on any atom is -0.395 e. The third-order valence-electron chi connectivity index (χ3n) is 3.01. The standard InChI is InChI=1S/C9H19NO2/c1-7(9(2)3-4-9)10-8(5-11)6-12/h7-8,10-12H,3-6H2,1-2H3. The zero-order chi connectivity index (χ0) is 9.19. The van der Waals surface area contributed by atoms with Crippen LogP contribution in [0.2, 0.25) is 0 Å². The van der Waals surface area contributed by atoms with Crippen LogP contribution in [0.15, 0.2) is 0 Å². The van der Waals surface area contributed by atoms with E-state index < -0.39 is 0 Å². The first-order valence-corrected chi connectivity index (χ1v) is 4.60. The van der Waals surface area contributed by atoms with Crippen LogP contribution in [0.5, 0.6) is 0 Å². The van der Waals surface area contributed by atoms with Gasteiger partial charge in [0, 0.05) is 6.04 Å². The molecular formula is C9H19NO2. The monoisotopic (exact) mass is 173 g/mol. The van der Waals surface area contributed by atoms with Crippen LogP contribution in [0.3, 0.4) is 0 Å². The van der Waals surface area contributed by atoms with Gasteiger partial charge in [0.2, 0.25) is 0 Å². The van der Waals surface area contributed by atoms with Gasteiger partial charge in [0.1, 0.15) is 0 Å². The Kier molecular flexibility index (Phi) is 3.09. The zero-order valence-electron chi connectivity index (χ0n) is 7.88. The highest BCUT2D eigenvalue weighted by Gasteiger charge is 2.42. The quantitative estimate of drug-likeness (QED) is 0.553. The first-order chi connectivity index (χ1) is 5.62. The van der Waals surface area contributed by atoms with Crippen molar-refractivity contribution in [3.8, 4) is 0 Å². The Morgan fingerprint density at radius 3 is 2.17 bits per heavy atom. The maximum atomic E-state index is 8.84. The molecule has 1 aliphatic carbocycles. The Morgan fingerprint density at radius 2 is 1.83 bits per heavy atom. The molecule has 1 aliphatic rings. The van der Waals surface area contributed by atoms with Crippen molar-refractivity contribution in [2.24, 2.45) is 5.41 Å². The highest BCUT2D eigenvalue weighted by molar-refractivity contribution is 4.97. The van der Waals surface area contributed by atoms with Crippen molar-refractivity contribution < 1.29 is 10.2 Å². The van der Waals surface area contributed by atoms with E-state index in [1.54, 1.807) is 0 Å². The molecule has 0 aromatic heterocycles. The van der Waals surface area contributed by atoms with Crippen molar-refractivity contribution in [2.75, 3.05) is 13.2 Å². The second kappa shape index (κ2) is 3.73. The molecule has 0 radical (unpaired) electrons. The molecule has 12 heavy (non-hydrogen) atoms. The van der Waals surface area contributed by atoms with Gasteiger partial charge in [-0.3, -0.25) is 0 Å². The van der Waals surface area contributed by atoms with E-state index in [-0.39, 0.29) is 19.3 Å². The summed E-state index contributed by atoms with van der Waals surface area (Å²) < 4.78 is 0. The molecule has 0 aromatic rings. The number of hydrogen-bond acceptors (Lipinski definition) is 3. The van der Waals surface area contributed by atoms with E-state index in [1.807, 2.05) is 0 Å². The SMILES string of the molecule is CC(NC(CO)CO)C1(C)CC1. The summed E-state index contributed by atoms with van der Waals surface area (Å²) in [7, 11) is 0. The summed E-state index contributed by atoms with van der Waals surface area (Å²) in [5.41, 5.74) is 0.405. The van der Waals surface area contributed by atoms with Crippen LogP contribution in [0.25, 0.3) is 0 Å². The van der Waals surface area contributed by atoms with Crippen LogP contribution < -0.4 is 5.32 Å². The summed E-state index contributed by atoms with van der Waals surface area (Å²) in [5, 5.41) is 20.9. The smallest absolute Gasteiger partial charge is 0.0607 e. The minimum absolute atomic E-state index is 0.0108. The largest absolute Gasteiger partial charge is 0.395 e. The predicted octanol–water partition coefficient (Wildman–Crippen LogP) is 0.118. The molecule has 3 nitrogen and oxygen atoms in total. The maximum Gasteiger partial charge on any atom is 0.0607 e. The third-order valence-corrected chi connectivity index (χ3v) is 3.01. The summed E-state index contributed by atoms with van der Waals surface area (Å²) >= 11 is 0. The second-order valence-electron chi connectivity index (χ2n) is 4.10. The topological polar surface area (TPSA) is 52.5 Å². The average Bonchev–Trinajstić information content (AvgIpc) is 2.80. The van der Waals surface area contributed by atoms with Gasteiger partial charge < -0.3 is 15.5 Å². The molecule has 0 aliphatic heterocycles. The first-order valence-electron chi connectivity index (χ1n) is 4.60. The maximum absolute atomic E-state index is 8.84. The van der Waals surface area contributed by atoms with E-state index >= 15 is 0 Å². The number of aliphatic hydroxyl groups excluding tert-OH is 2. The third kappa shape index (κ3) is 2.19. The van der Waals surface area contributed by atoms with E-state index in [2.05, 4.69) is 19.2 Å². The lowest BCUT2D eigenvalue weighted by Crippen LogP contribution is -2.44. The van der Waals surface area contributed by atoms with Crippen LogP contribution in [0.1, 0.15) is 26.7 Å². The molecule has 1 rings (SSSR count). The van der Waals surface area contributed by atoms with Gasteiger partial charge in [0.05, 0.1) is 19.3 Å². The van der Waals surface area contributed by atoms with Crippen LogP contribution in [0, 0.1) is 5.41 Å². The first kappa shape index (κ1) is 9.96. The highest BCUT2D eigenvalue weighted by Crippen LogP contribution is 2.47.